The van der Waals surface area contributed by atoms with Crippen LogP contribution in [0.4, 0.5) is 11.4 Å². The number of carbonyl (C=O) groups is 1. The fourth-order valence-electron chi connectivity index (χ4n) is 2.48. The molecule has 1 unspecified atom stereocenters. The molecule has 0 bridgehead atoms. The molecule has 3 N–H and O–H groups in total. The highest BCUT2D eigenvalue weighted by Gasteiger charge is 2.29. The van der Waals surface area contributed by atoms with Crippen LogP contribution in [-0.4, -0.2) is 44.5 Å². The Morgan fingerprint density at radius 1 is 1.29 bits per heavy atom. The molecule has 116 valence electrons. The van der Waals surface area contributed by atoms with Gasteiger partial charge in [-0.2, -0.15) is 0 Å². The number of hydrogen-bond acceptors (Lipinski definition) is 4. The molecule has 2 rings (SSSR count). The normalized spacial score (nSPS) is 17.0. The molecule has 1 aliphatic rings. The van der Waals surface area contributed by atoms with Gasteiger partial charge in [0.2, 0.25) is 5.91 Å². The van der Waals surface area contributed by atoms with E-state index < -0.39 is 6.04 Å². The number of halogens is 1. The van der Waals surface area contributed by atoms with Crippen molar-refractivity contribution < 1.29 is 4.79 Å². The highest BCUT2D eigenvalue weighted by Crippen LogP contribution is 2.38. The van der Waals surface area contributed by atoms with E-state index in [-0.39, 0.29) is 5.91 Å². The highest BCUT2D eigenvalue weighted by molar-refractivity contribution is 6.33. The first-order valence-electron chi connectivity index (χ1n) is 7.23. The molecule has 1 aliphatic heterocycles. The van der Waals surface area contributed by atoms with Gasteiger partial charge in [0.05, 0.1) is 10.7 Å². The second kappa shape index (κ2) is 6.64. The standard InChI is InChI=1S/C15H23ClN4O/c1-4-5-20(7-6-19(2)3)13-9-12-10(8-11(13)16)14(17)15(21)18-12/h8-9,14H,4-7,17H2,1-3H3,(H,18,21). The van der Waals surface area contributed by atoms with Gasteiger partial charge in [0, 0.05) is 30.9 Å². The van der Waals surface area contributed by atoms with E-state index in [1.54, 1.807) is 0 Å². The Labute approximate surface area is 131 Å². The minimum absolute atomic E-state index is 0.173. The molecular formula is C15H23ClN4O. The van der Waals surface area contributed by atoms with Crippen LogP contribution < -0.4 is 16.0 Å². The summed E-state index contributed by atoms with van der Waals surface area (Å²) < 4.78 is 0. The number of nitrogens with one attached hydrogen (secondary N) is 1. The van der Waals surface area contributed by atoms with Crippen molar-refractivity contribution >= 4 is 28.9 Å². The van der Waals surface area contributed by atoms with Gasteiger partial charge in [-0.3, -0.25) is 4.79 Å². The maximum Gasteiger partial charge on any atom is 0.245 e. The molecule has 1 aromatic rings. The Hall–Kier alpha value is -1.30. The first kappa shape index (κ1) is 16.1. The molecule has 1 aromatic carbocycles. The Morgan fingerprint density at radius 2 is 2.00 bits per heavy atom. The predicted octanol–water partition coefficient (Wildman–Crippen LogP) is 2.07. The van der Waals surface area contributed by atoms with E-state index in [4.69, 9.17) is 17.3 Å². The molecule has 0 aromatic heterocycles. The molecule has 0 saturated carbocycles. The molecular weight excluding hydrogens is 288 g/mol. The van der Waals surface area contributed by atoms with Crippen LogP contribution in [0.2, 0.25) is 5.02 Å². The van der Waals surface area contributed by atoms with Crippen molar-refractivity contribution in [2.45, 2.75) is 19.4 Å². The molecule has 1 heterocycles. The van der Waals surface area contributed by atoms with Gasteiger partial charge in [-0.05, 0) is 32.6 Å². The second-order valence-electron chi connectivity index (χ2n) is 5.65. The summed E-state index contributed by atoms with van der Waals surface area (Å²) in [7, 11) is 4.10. The van der Waals surface area contributed by atoms with Crippen molar-refractivity contribution in [1.29, 1.82) is 0 Å². The van der Waals surface area contributed by atoms with Crippen molar-refractivity contribution in [2.24, 2.45) is 5.73 Å². The summed E-state index contributed by atoms with van der Waals surface area (Å²) >= 11 is 6.42. The average Bonchev–Trinajstić information content (AvgIpc) is 2.69. The van der Waals surface area contributed by atoms with Crippen LogP contribution in [0.5, 0.6) is 0 Å². The number of amides is 1. The van der Waals surface area contributed by atoms with Crippen LogP contribution in [0, 0.1) is 0 Å². The summed E-state index contributed by atoms with van der Waals surface area (Å²) in [5, 5.41) is 3.46. The average molecular weight is 311 g/mol. The lowest BCUT2D eigenvalue weighted by atomic mass is 10.1. The Balaban J connectivity index is 2.29. The molecule has 0 fully saturated rings. The number of benzene rings is 1. The van der Waals surface area contributed by atoms with E-state index >= 15 is 0 Å². The van der Waals surface area contributed by atoms with Gasteiger partial charge in [-0.15, -0.1) is 0 Å². The van der Waals surface area contributed by atoms with Crippen LogP contribution in [0.25, 0.3) is 0 Å². The van der Waals surface area contributed by atoms with E-state index in [1.165, 1.54) is 0 Å². The van der Waals surface area contributed by atoms with Gasteiger partial charge in [-0.1, -0.05) is 18.5 Å². The quantitative estimate of drug-likeness (QED) is 0.844. The van der Waals surface area contributed by atoms with E-state index in [0.717, 1.165) is 43.0 Å². The Kier molecular flexibility index (Phi) is 5.08. The number of fused-ring (bicyclic) bond motifs is 1. The number of anilines is 2. The lowest BCUT2D eigenvalue weighted by Gasteiger charge is -2.27. The third-order valence-electron chi connectivity index (χ3n) is 3.65. The van der Waals surface area contributed by atoms with Crippen molar-refractivity contribution in [2.75, 3.05) is 43.9 Å². The lowest BCUT2D eigenvalue weighted by Crippen LogP contribution is -2.32. The van der Waals surface area contributed by atoms with Crippen molar-refractivity contribution in [3.8, 4) is 0 Å². The van der Waals surface area contributed by atoms with Gasteiger partial charge < -0.3 is 20.9 Å². The maximum atomic E-state index is 11.7. The molecule has 5 nitrogen and oxygen atoms in total. The number of rotatable bonds is 6. The monoisotopic (exact) mass is 310 g/mol. The van der Waals surface area contributed by atoms with E-state index in [2.05, 4.69) is 22.0 Å². The van der Waals surface area contributed by atoms with Crippen LogP contribution in [0.1, 0.15) is 24.9 Å². The summed E-state index contributed by atoms with van der Waals surface area (Å²) in [4.78, 5) is 16.1. The largest absolute Gasteiger partial charge is 0.369 e. The smallest absolute Gasteiger partial charge is 0.245 e. The van der Waals surface area contributed by atoms with Crippen molar-refractivity contribution in [1.82, 2.24) is 4.90 Å². The Bertz CT molecular complexity index is 533. The number of likely N-dealkylation sites (N-methyl/N-ethyl adjacent to an activating group) is 1. The molecule has 0 aliphatic carbocycles. The Morgan fingerprint density at radius 3 is 2.62 bits per heavy atom. The number of carbonyl (C=O) groups excluding carboxylic acids is 1. The SMILES string of the molecule is CCCN(CCN(C)C)c1cc2c(cc1Cl)C(N)C(=O)N2. The van der Waals surface area contributed by atoms with Crippen LogP contribution in [0.3, 0.4) is 0 Å². The molecule has 1 atom stereocenters. The van der Waals surface area contributed by atoms with E-state index in [0.29, 0.717) is 5.02 Å². The molecule has 0 spiro atoms. The summed E-state index contributed by atoms with van der Waals surface area (Å²) in [5.74, 6) is -0.173. The number of nitrogens with zero attached hydrogens (tertiary/aromatic N) is 2. The maximum absolute atomic E-state index is 11.7. The zero-order valence-electron chi connectivity index (χ0n) is 12.8. The topological polar surface area (TPSA) is 61.6 Å². The summed E-state index contributed by atoms with van der Waals surface area (Å²) in [5.41, 5.74) is 8.35. The number of nitrogens with two attached hydrogens (primary N) is 1. The van der Waals surface area contributed by atoms with Gasteiger partial charge >= 0.3 is 0 Å². The molecule has 1 amide bonds. The third kappa shape index (κ3) is 3.48. The van der Waals surface area contributed by atoms with Crippen molar-refractivity contribution in [3.63, 3.8) is 0 Å². The predicted molar refractivity (Wildman–Crippen MR) is 88.1 cm³/mol. The van der Waals surface area contributed by atoms with Crippen LogP contribution >= 0.6 is 11.6 Å². The first-order chi connectivity index (χ1) is 9.93. The molecule has 21 heavy (non-hydrogen) atoms. The highest BCUT2D eigenvalue weighted by atomic mass is 35.5. The van der Waals surface area contributed by atoms with Gasteiger partial charge in [-0.25, -0.2) is 0 Å². The second-order valence-corrected chi connectivity index (χ2v) is 6.06. The van der Waals surface area contributed by atoms with E-state index in [1.807, 2.05) is 26.2 Å². The zero-order chi connectivity index (χ0) is 15.6. The minimum atomic E-state index is -0.618. The van der Waals surface area contributed by atoms with Gasteiger partial charge in [0.25, 0.3) is 0 Å². The lowest BCUT2D eigenvalue weighted by molar-refractivity contribution is -0.116. The van der Waals surface area contributed by atoms with Crippen LogP contribution in [-0.2, 0) is 4.79 Å². The fourth-order valence-corrected chi connectivity index (χ4v) is 2.77. The fraction of sp³-hybridized carbons (Fsp3) is 0.533. The summed E-state index contributed by atoms with van der Waals surface area (Å²) in [6, 6.07) is 3.13. The minimum Gasteiger partial charge on any atom is -0.369 e. The van der Waals surface area contributed by atoms with Crippen LogP contribution in [0.15, 0.2) is 12.1 Å². The van der Waals surface area contributed by atoms with Gasteiger partial charge in [0.15, 0.2) is 0 Å². The number of hydrogen-bond donors (Lipinski definition) is 2. The van der Waals surface area contributed by atoms with Gasteiger partial charge in [0.1, 0.15) is 6.04 Å². The van der Waals surface area contributed by atoms with Crippen molar-refractivity contribution in [3.05, 3.63) is 22.7 Å². The van der Waals surface area contributed by atoms with E-state index in [9.17, 15) is 4.79 Å². The summed E-state index contributed by atoms with van der Waals surface area (Å²) in [6.07, 6.45) is 1.03. The first-order valence-corrected chi connectivity index (χ1v) is 7.61. The molecule has 6 heteroatoms. The zero-order valence-corrected chi connectivity index (χ0v) is 13.6. The molecule has 0 radical (unpaired) electrons. The molecule has 0 saturated heterocycles. The summed E-state index contributed by atoms with van der Waals surface area (Å²) in [6.45, 7) is 4.90. The third-order valence-corrected chi connectivity index (χ3v) is 3.95.